The Kier molecular flexibility index (Phi) is 6.32. The Labute approximate surface area is 115 Å². The number of carbonyl (C=O) groups excluding carboxylic acids is 1. The summed E-state index contributed by atoms with van der Waals surface area (Å²) in [4.78, 5) is 11.3. The number of nitrogens with two attached hydrogens (primary N) is 1. The van der Waals surface area contributed by atoms with Crippen molar-refractivity contribution in [2.45, 2.75) is 32.1 Å². The van der Waals surface area contributed by atoms with Gasteiger partial charge in [-0.2, -0.15) is 13.2 Å². The summed E-state index contributed by atoms with van der Waals surface area (Å²) in [6.07, 6.45) is -4.35. The molecule has 0 saturated heterocycles. The molecular formula is C12H16ClF3N2O. The van der Waals surface area contributed by atoms with Crippen LogP contribution in [0.1, 0.15) is 31.0 Å². The monoisotopic (exact) mass is 296 g/mol. The highest BCUT2D eigenvalue weighted by Crippen LogP contribution is 2.29. The molecule has 0 aliphatic carbocycles. The van der Waals surface area contributed by atoms with E-state index in [2.05, 4.69) is 5.32 Å². The van der Waals surface area contributed by atoms with Gasteiger partial charge in [0.15, 0.2) is 0 Å². The molecule has 1 amide bonds. The first-order valence-corrected chi connectivity index (χ1v) is 5.45. The van der Waals surface area contributed by atoms with Crippen molar-refractivity contribution in [1.29, 1.82) is 0 Å². The van der Waals surface area contributed by atoms with Gasteiger partial charge in [0.05, 0.1) is 17.6 Å². The van der Waals surface area contributed by atoms with E-state index in [9.17, 15) is 18.0 Å². The third-order valence-corrected chi connectivity index (χ3v) is 2.51. The topological polar surface area (TPSA) is 55.1 Å². The number of carbonyl (C=O) groups is 1. The lowest BCUT2D eigenvalue weighted by Gasteiger charge is -2.16. The Hall–Kier alpha value is -1.27. The van der Waals surface area contributed by atoms with Gasteiger partial charge in [-0.15, -0.1) is 12.4 Å². The maximum Gasteiger partial charge on any atom is 0.416 e. The Morgan fingerprint density at radius 3 is 2.05 bits per heavy atom. The van der Waals surface area contributed by atoms with Crippen LogP contribution < -0.4 is 11.1 Å². The van der Waals surface area contributed by atoms with Crippen LogP contribution in [0, 0.1) is 0 Å². The first-order chi connectivity index (χ1) is 8.21. The molecule has 0 bridgehead atoms. The summed E-state index contributed by atoms with van der Waals surface area (Å²) >= 11 is 0. The molecule has 1 aromatic rings. The Morgan fingerprint density at radius 2 is 1.68 bits per heavy atom. The predicted molar refractivity (Wildman–Crippen MR) is 68.9 cm³/mol. The van der Waals surface area contributed by atoms with Crippen molar-refractivity contribution in [3.05, 3.63) is 35.4 Å². The summed E-state index contributed by atoms with van der Waals surface area (Å²) in [6, 6.07) is 3.63. The number of alkyl halides is 3. The molecule has 1 rings (SSSR count). The van der Waals surface area contributed by atoms with Crippen molar-refractivity contribution >= 4 is 18.3 Å². The van der Waals surface area contributed by atoms with E-state index < -0.39 is 17.8 Å². The first kappa shape index (κ1) is 17.7. The zero-order chi connectivity index (χ0) is 13.9. The molecule has 0 spiro atoms. The number of amides is 1. The van der Waals surface area contributed by atoms with Crippen LogP contribution in [0.15, 0.2) is 24.3 Å². The van der Waals surface area contributed by atoms with E-state index in [1.54, 1.807) is 6.92 Å². The van der Waals surface area contributed by atoms with Gasteiger partial charge in [-0.05, 0) is 31.5 Å². The molecule has 0 saturated carbocycles. The summed E-state index contributed by atoms with van der Waals surface area (Å²) in [5.74, 6) is -0.345. The van der Waals surface area contributed by atoms with E-state index in [4.69, 9.17) is 5.73 Å². The summed E-state index contributed by atoms with van der Waals surface area (Å²) in [5, 5.41) is 2.61. The van der Waals surface area contributed by atoms with Gasteiger partial charge in [0, 0.05) is 0 Å². The van der Waals surface area contributed by atoms with E-state index in [0.717, 1.165) is 12.1 Å². The molecule has 7 heteroatoms. The van der Waals surface area contributed by atoms with Crippen LogP contribution in [0.25, 0.3) is 0 Å². The van der Waals surface area contributed by atoms with E-state index in [1.807, 2.05) is 0 Å². The Morgan fingerprint density at radius 1 is 1.21 bits per heavy atom. The zero-order valence-electron chi connectivity index (χ0n) is 10.5. The van der Waals surface area contributed by atoms with Crippen molar-refractivity contribution < 1.29 is 18.0 Å². The number of rotatable bonds is 3. The van der Waals surface area contributed by atoms with Crippen molar-refractivity contribution in [2.24, 2.45) is 5.73 Å². The summed E-state index contributed by atoms with van der Waals surface area (Å²) < 4.78 is 37.1. The molecule has 19 heavy (non-hydrogen) atoms. The smallest absolute Gasteiger partial charge is 0.348 e. The third kappa shape index (κ3) is 5.08. The fourth-order valence-electron chi connectivity index (χ4n) is 1.39. The minimum absolute atomic E-state index is 0. The highest BCUT2D eigenvalue weighted by atomic mass is 35.5. The molecule has 0 aliphatic rings. The van der Waals surface area contributed by atoms with Crippen LogP contribution in [0.4, 0.5) is 13.2 Å². The average Bonchev–Trinajstić information content (AvgIpc) is 2.27. The largest absolute Gasteiger partial charge is 0.416 e. The highest BCUT2D eigenvalue weighted by molar-refractivity contribution is 5.85. The van der Waals surface area contributed by atoms with E-state index in [0.29, 0.717) is 5.56 Å². The standard InChI is InChI=1S/C12H15F3N2O.ClH/c1-7(16)11(18)17-8(2)9-3-5-10(6-4-9)12(13,14)15;/h3-8H,16H2,1-2H3,(H,17,18);1H. The van der Waals surface area contributed by atoms with Crippen LogP contribution in [0.3, 0.4) is 0 Å². The molecule has 2 atom stereocenters. The minimum Gasteiger partial charge on any atom is -0.348 e. The molecule has 1 aromatic carbocycles. The molecule has 0 fully saturated rings. The van der Waals surface area contributed by atoms with E-state index >= 15 is 0 Å². The molecule has 108 valence electrons. The van der Waals surface area contributed by atoms with Crippen molar-refractivity contribution in [2.75, 3.05) is 0 Å². The van der Waals surface area contributed by atoms with Gasteiger partial charge >= 0.3 is 6.18 Å². The minimum atomic E-state index is -4.35. The second-order valence-corrected chi connectivity index (χ2v) is 4.14. The number of halogens is 4. The van der Waals surface area contributed by atoms with Gasteiger partial charge in [-0.1, -0.05) is 12.1 Å². The van der Waals surface area contributed by atoms with Crippen molar-refractivity contribution in [1.82, 2.24) is 5.32 Å². The van der Waals surface area contributed by atoms with Crippen LogP contribution in [0.2, 0.25) is 0 Å². The molecule has 0 radical (unpaired) electrons. The van der Waals surface area contributed by atoms with Gasteiger partial charge in [-0.25, -0.2) is 0 Å². The van der Waals surface area contributed by atoms with Crippen LogP contribution in [-0.2, 0) is 11.0 Å². The molecular weight excluding hydrogens is 281 g/mol. The molecule has 3 N–H and O–H groups in total. The maximum atomic E-state index is 12.4. The van der Waals surface area contributed by atoms with Crippen LogP contribution >= 0.6 is 12.4 Å². The maximum absolute atomic E-state index is 12.4. The van der Waals surface area contributed by atoms with Gasteiger partial charge in [0.25, 0.3) is 0 Å². The van der Waals surface area contributed by atoms with Gasteiger partial charge in [0.1, 0.15) is 0 Å². The first-order valence-electron chi connectivity index (χ1n) is 5.45. The second-order valence-electron chi connectivity index (χ2n) is 4.14. The second kappa shape index (κ2) is 6.77. The van der Waals surface area contributed by atoms with Gasteiger partial charge in [-0.3, -0.25) is 4.79 Å². The number of hydrogen-bond acceptors (Lipinski definition) is 2. The van der Waals surface area contributed by atoms with Gasteiger partial charge < -0.3 is 11.1 Å². The predicted octanol–water partition coefficient (Wildman–Crippen LogP) is 2.65. The summed E-state index contributed by atoms with van der Waals surface area (Å²) in [6.45, 7) is 3.22. The molecule has 0 aromatic heterocycles. The van der Waals surface area contributed by atoms with E-state index in [1.165, 1.54) is 19.1 Å². The summed E-state index contributed by atoms with van der Waals surface area (Å²) in [5.41, 5.74) is 5.27. The SMILES string of the molecule is CC(N)C(=O)NC(C)c1ccc(C(F)(F)F)cc1.Cl. The molecule has 2 unspecified atom stereocenters. The molecule has 0 heterocycles. The lowest BCUT2D eigenvalue weighted by molar-refractivity contribution is -0.137. The Balaban J connectivity index is 0.00000324. The average molecular weight is 297 g/mol. The number of benzene rings is 1. The lowest BCUT2D eigenvalue weighted by atomic mass is 10.1. The quantitative estimate of drug-likeness (QED) is 0.901. The van der Waals surface area contributed by atoms with Crippen LogP contribution in [-0.4, -0.2) is 11.9 Å². The normalized spacial score (nSPS) is 14.2. The van der Waals surface area contributed by atoms with E-state index in [-0.39, 0.29) is 24.4 Å². The highest BCUT2D eigenvalue weighted by Gasteiger charge is 2.30. The fourth-order valence-corrected chi connectivity index (χ4v) is 1.39. The third-order valence-electron chi connectivity index (χ3n) is 2.51. The fraction of sp³-hybridized carbons (Fsp3) is 0.417. The van der Waals surface area contributed by atoms with Crippen molar-refractivity contribution in [3.63, 3.8) is 0 Å². The molecule has 3 nitrogen and oxygen atoms in total. The number of hydrogen-bond donors (Lipinski definition) is 2. The summed E-state index contributed by atoms with van der Waals surface area (Å²) in [7, 11) is 0. The zero-order valence-corrected chi connectivity index (χ0v) is 11.3. The lowest BCUT2D eigenvalue weighted by Crippen LogP contribution is -2.39. The van der Waals surface area contributed by atoms with Crippen molar-refractivity contribution in [3.8, 4) is 0 Å². The van der Waals surface area contributed by atoms with Crippen LogP contribution in [0.5, 0.6) is 0 Å². The Bertz CT molecular complexity index is 418. The molecule has 0 aliphatic heterocycles. The number of nitrogens with one attached hydrogen (secondary N) is 1. The van der Waals surface area contributed by atoms with Gasteiger partial charge in [0.2, 0.25) is 5.91 Å².